The fraction of sp³-hybridized carbons (Fsp3) is 0.0500. The summed E-state index contributed by atoms with van der Waals surface area (Å²) in [6, 6.07) is 21.5. The number of carbonyl (C=O) groups excluding carboxylic acids is 1. The predicted molar refractivity (Wildman–Crippen MR) is 111 cm³/mol. The van der Waals surface area contributed by atoms with Gasteiger partial charge >= 0.3 is 0 Å². The number of nitrogens with zero attached hydrogens (tertiary/aromatic N) is 1. The first kappa shape index (κ1) is 19.7. The molecule has 0 saturated heterocycles. The minimum absolute atomic E-state index is 0.0281. The molecule has 0 radical (unpaired) electrons. The fourth-order valence-corrected chi connectivity index (χ4v) is 3.78. The van der Waals surface area contributed by atoms with Crippen LogP contribution < -0.4 is 15.2 Å². The fourth-order valence-electron chi connectivity index (χ4n) is 2.47. The topological polar surface area (TPSA) is 78.5 Å². The summed E-state index contributed by atoms with van der Waals surface area (Å²) in [4.78, 5) is 12.4. The lowest BCUT2D eigenvalue weighted by molar-refractivity contribution is 0.0951. The van der Waals surface area contributed by atoms with Gasteiger partial charge < -0.3 is 0 Å². The van der Waals surface area contributed by atoms with E-state index in [1.165, 1.54) is 24.3 Å². The lowest BCUT2D eigenvalue weighted by Gasteiger charge is -2.20. The number of amides is 1. The number of sulfonamides is 1. The highest BCUT2D eigenvalue weighted by Gasteiger charge is 2.17. The molecule has 0 aliphatic rings. The molecule has 0 spiro atoms. The van der Waals surface area contributed by atoms with Gasteiger partial charge in [0.05, 0.1) is 21.3 Å². The molecule has 1 amide bonds. The monoisotopic (exact) mass is 415 g/mol. The minimum Gasteiger partial charge on any atom is -0.288 e. The first-order valence-corrected chi connectivity index (χ1v) is 10.2. The SMILES string of the molecule is CN(NC(=O)c1ccc(S(=O)(=O)Nc2ccccc2Cl)cc1)c1ccccc1. The number of hydrogen-bond donors (Lipinski definition) is 2. The lowest BCUT2D eigenvalue weighted by Crippen LogP contribution is -2.39. The summed E-state index contributed by atoms with van der Waals surface area (Å²) in [7, 11) is -2.10. The number of para-hydroxylation sites is 2. The minimum atomic E-state index is -3.82. The van der Waals surface area contributed by atoms with Crippen molar-refractivity contribution >= 4 is 38.9 Å². The van der Waals surface area contributed by atoms with Gasteiger partial charge in [0.2, 0.25) is 0 Å². The highest BCUT2D eigenvalue weighted by molar-refractivity contribution is 7.92. The van der Waals surface area contributed by atoms with Gasteiger partial charge in [0.15, 0.2) is 0 Å². The normalized spacial score (nSPS) is 10.9. The Labute approximate surface area is 168 Å². The Balaban J connectivity index is 1.72. The van der Waals surface area contributed by atoms with Crippen molar-refractivity contribution in [1.82, 2.24) is 5.43 Å². The molecule has 8 heteroatoms. The van der Waals surface area contributed by atoms with Gasteiger partial charge in [-0.05, 0) is 48.5 Å². The molecule has 0 unspecified atom stereocenters. The van der Waals surface area contributed by atoms with E-state index in [4.69, 9.17) is 11.6 Å². The average Bonchev–Trinajstić information content (AvgIpc) is 2.70. The molecule has 144 valence electrons. The quantitative estimate of drug-likeness (QED) is 0.598. The number of carbonyl (C=O) groups is 1. The molecule has 0 heterocycles. The van der Waals surface area contributed by atoms with Crippen LogP contribution in [0.1, 0.15) is 10.4 Å². The van der Waals surface area contributed by atoms with E-state index in [1.54, 1.807) is 36.3 Å². The number of hydrazine groups is 1. The molecule has 3 rings (SSSR count). The second-order valence-corrected chi connectivity index (χ2v) is 8.03. The van der Waals surface area contributed by atoms with Crippen molar-refractivity contribution in [3.8, 4) is 0 Å². The Hall–Kier alpha value is -3.03. The molecule has 0 saturated carbocycles. The Morgan fingerprint density at radius 1 is 0.893 bits per heavy atom. The van der Waals surface area contributed by atoms with Gasteiger partial charge in [0.1, 0.15) is 0 Å². The predicted octanol–water partition coefficient (Wildman–Crippen LogP) is 3.92. The van der Waals surface area contributed by atoms with Crippen LogP contribution in [0.15, 0.2) is 83.8 Å². The van der Waals surface area contributed by atoms with Crippen molar-refractivity contribution in [2.45, 2.75) is 4.90 Å². The third-order valence-corrected chi connectivity index (χ3v) is 5.67. The summed E-state index contributed by atoms with van der Waals surface area (Å²) in [5.41, 5.74) is 4.17. The smallest absolute Gasteiger partial charge is 0.269 e. The van der Waals surface area contributed by atoms with E-state index in [2.05, 4.69) is 10.1 Å². The van der Waals surface area contributed by atoms with Gasteiger partial charge in [-0.15, -0.1) is 0 Å². The Bertz CT molecular complexity index is 1070. The van der Waals surface area contributed by atoms with Crippen LogP contribution in [0.4, 0.5) is 11.4 Å². The standard InChI is InChI=1S/C20H18ClN3O3S/c1-24(16-7-3-2-4-8-16)22-20(25)15-11-13-17(14-12-15)28(26,27)23-19-10-6-5-9-18(19)21/h2-14,23H,1H3,(H,22,25). The van der Waals surface area contributed by atoms with Crippen LogP contribution in [0, 0.1) is 0 Å². The van der Waals surface area contributed by atoms with Crippen LogP contribution >= 0.6 is 11.6 Å². The molecular weight excluding hydrogens is 398 g/mol. The number of benzene rings is 3. The summed E-state index contributed by atoms with van der Waals surface area (Å²) < 4.78 is 27.5. The van der Waals surface area contributed by atoms with Crippen molar-refractivity contribution < 1.29 is 13.2 Å². The molecule has 0 aliphatic carbocycles. The molecule has 3 aromatic rings. The Morgan fingerprint density at radius 2 is 1.50 bits per heavy atom. The molecule has 28 heavy (non-hydrogen) atoms. The molecule has 6 nitrogen and oxygen atoms in total. The molecule has 0 fully saturated rings. The van der Waals surface area contributed by atoms with Crippen LogP contribution in [0.3, 0.4) is 0 Å². The zero-order valence-corrected chi connectivity index (χ0v) is 16.5. The van der Waals surface area contributed by atoms with Crippen LogP contribution in [0.5, 0.6) is 0 Å². The number of anilines is 2. The largest absolute Gasteiger partial charge is 0.288 e. The van der Waals surface area contributed by atoms with Gasteiger partial charge in [-0.3, -0.25) is 20.0 Å². The van der Waals surface area contributed by atoms with Gasteiger partial charge in [-0.1, -0.05) is 41.9 Å². The third kappa shape index (κ3) is 4.62. The first-order valence-electron chi connectivity index (χ1n) is 8.34. The maximum absolute atomic E-state index is 12.5. The van der Waals surface area contributed by atoms with E-state index < -0.39 is 10.0 Å². The second kappa shape index (κ2) is 8.33. The zero-order valence-electron chi connectivity index (χ0n) is 15.0. The molecular formula is C20H18ClN3O3S. The summed E-state index contributed by atoms with van der Waals surface area (Å²) in [6.07, 6.45) is 0. The number of hydrogen-bond acceptors (Lipinski definition) is 4. The number of rotatable bonds is 6. The van der Waals surface area contributed by atoms with Crippen LogP contribution in [-0.2, 0) is 10.0 Å². The molecule has 0 atom stereocenters. The molecule has 3 aromatic carbocycles. The maximum atomic E-state index is 12.5. The van der Waals surface area contributed by atoms with Gasteiger partial charge in [-0.2, -0.15) is 0 Å². The highest BCUT2D eigenvalue weighted by atomic mass is 35.5. The van der Waals surface area contributed by atoms with Crippen LogP contribution in [0.25, 0.3) is 0 Å². The van der Waals surface area contributed by atoms with Gasteiger partial charge in [0.25, 0.3) is 15.9 Å². The molecule has 0 aliphatic heterocycles. The van der Waals surface area contributed by atoms with E-state index in [0.29, 0.717) is 10.6 Å². The van der Waals surface area contributed by atoms with Crippen LogP contribution in [-0.4, -0.2) is 21.4 Å². The van der Waals surface area contributed by atoms with Crippen molar-refractivity contribution in [3.05, 3.63) is 89.4 Å². The van der Waals surface area contributed by atoms with E-state index in [-0.39, 0.29) is 16.5 Å². The van der Waals surface area contributed by atoms with E-state index in [0.717, 1.165) is 5.69 Å². The van der Waals surface area contributed by atoms with E-state index in [9.17, 15) is 13.2 Å². The van der Waals surface area contributed by atoms with Crippen molar-refractivity contribution in [2.24, 2.45) is 0 Å². The Kier molecular flexibility index (Phi) is 5.87. The average molecular weight is 416 g/mol. The lowest BCUT2D eigenvalue weighted by atomic mass is 10.2. The molecule has 2 N–H and O–H groups in total. The van der Waals surface area contributed by atoms with Gasteiger partial charge in [0, 0.05) is 12.6 Å². The Morgan fingerprint density at radius 3 is 2.14 bits per heavy atom. The van der Waals surface area contributed by atoms with Crippen molar-refractivity contribution in [2.75, 3.05) is 16.8 Å². The third-order valence-electron chi connectivity index (χ3n) is 3.96. The van der Waals surface area contributed by atoms with E-state index >= 15 is 0 Å². The van der Waals surface area contributed by atoms with Crippen molar-refractivity contribution in [3.63, 3.8) is 0 Å². The summed E-state index contributed by atoms with van der Waals surface area (Å²) in [6.45, 7) is 0. The number of nitrogens with one attached hydrogen (secondary N) is 2. The van der Waals surface area contributed by atoms with Crippen molar-refractivity contribution in [1.29, 1.82) is 0 Å². The van der Waals surface area contributed by atoms with E-state index in [1.807, 2.05) is 30.3 Å². The number of halogens is 1. The zero-order chi connectivity index (χ0) is 20.1. The first-order chi connectivity index (χ1) is 13.4. The summed E-state index contributed by atoms with van der Waals surface area (Å²) in [5.74, 6) is -0.352. The summed E-state index contributed by atoms with van der Waals surface area (Å²) in [5, 5.41) is 1.89. The maximum Gasteiger partial charge on any atom is 0.269 e. The van der Waals surface area contributed by atoms with Crippen LogP contribution in [0.2, 0.25) is 5.02 Å². The molecule has 0 bridgehead atoms. The highest BCUT2D eigenvalue weighted by Crippen LogP contribution is 2.24. The molecule has 0 aromatic heterocycles. The van der Waals surface area contributed by atoms with Gasteiger partial charge in [-0.25, -0.2) is 8.42 Å². The summed E-state index contributed by atoms with van der Waals surface area (Å²) >= 11 is 6.00. The second-order valence-electron chi connectivity index (χ2n) is 5.95.